The number of para-hydroxylation sites is 1. The summed E-state index contributed by atoms with van der Waals surface area (Å²) in [5.41, 5.74) is 1.83. The van der Waals surface area contributed by atoms with Crippen molar-refractivity contribution in [2.75, 3.05) is 17.7 Å². The third-order valence-corrected chi connectivity index (χ3v) is 5.71. The summed E-state index contributed by atoms with van der Waals surface area (Å²) in [7, 11) is 3.41. The summed E-state index contributed by atoms with van der Waals surface area (Å²) >= 11 is 1.14. The van der Waals surface area contributed by atoms with Crippen LogP contribution in [0.3, 0.4) is 0 Å². The second kappa shape index (κ2) is 8.54. The van der Waals surface area contributed by atoms with Crippen LogP contribution in [0.15, 0.2) is 35.1 Å². The predicted molar refractivity (Wildman–Crippen MR) is 116 cm³/mol. The van der Waals surface area contributed by atoms with Crippen molar-refractivity contribution >= 4 is 34.1 Å². The van der Waals surface area contributed by atoms with Crippen molar-refractivity contribution in [3.05, 3.63) is 57.6 Å². The highest BCUT2D eigenvalue weighted by Crippen LogP contribution is 2.25. The van der Waals surface area contributed by atoms with E-state index in [0.717, 1.165) is 11.5 Å². The number of carbonyl (C=O) groups is 2. The van der Waals surface area contributed by atoms with Crippen LogP contribution in [0.4, 0.5) is 10.7 Å². The van der Waals surface area contributed by atoms with Gasteiger partial charge in [-0.1, -0.05) is 18.2 Å². The highest BCUT2D eigenvalue weighted by molar-refractivity contribution is 7.10. The summed E-state index contributed by atoms with van der Waals surface area (Å²) in [5, 5.41) is 6.06. The van der Waals surface area contributed by atoms with Crippen molar-refractivity contribution in [3.63, 3.8) is 0 Å². The lowest BCUT2D eigenvalue weighted by molar-refractivity contribution is -0.123. The lowest BCUT2D eigenvalue weighted by atomic mass is 10.2. The number of hydrogen-bond acceptors (Lipinski definition) is 7. The summed E-state index contributed by atoms with van der Waals surface area (Å²) < 4.78 is 12.6. The Morgan fingerprint density at radius 1 is 1.20 bits per heavy atom. The Kier molecular flexibility index (Phi) is 6.06. The SMILES string of the molecule is CNc1snc(C)c1C(=O)O[C@H](C)C(=O)Nc1c(C)n(C)n(-c2ccccc2)c1=O. The highest BCUT2D eigenvalue weighted by atomic mass is 32.1. The number of esters is 1. The van der Waals surface area contributed by atoms with E-state index in [4.69, 9.17) is 4.74 Å². The summed E-state index contributed by atoms with van der Waals surface area (Å²) in [6, 6.07) is 9.10. The molecule has 0 spiro atoms. The Labute approximate surface area is 177 Å². The zero-order chi connectivity index (χ0) is 22.0. The smallest absolute Gasteiger partial charge is 0.343 e. The van der Waals surface area contributed by atoms with Gasteiger partial charge < -0.3 is 15.4 Å². The normalized spacial score (nSPS) is 11.8. The van der Waals surface area contributed by atoms with Crippen molar-refractivity contribution in [1.82, 2.24) is 13.7 Å². The number of hydrogen-bond donors (Lipinski definition) is 2. The fraction of sp³-hybridized carbons (Fsp3) is 0.300. The van der Waals surface area contributed by atoms with E-state index in [1.807, 2.05) is 18.2 Å². The molecule has 0 saturated heterocycles. The molecule has 0 bridgehead atoms. The largest absolute Gasteiger partial charge is 0.449 e. The minimum atomic E-state index is -1.11. The molecular formula is C20H23N5O4S. The molecule has 0 aliphatic rings. The molecule has 2 N–H and O–H groups in total. The first-order valence-electron chi connectivity index (χ1n) is 9.26. The molecule has 0 unspecified atom stereocenters. The number of amides is 1. The van der Waals surface area contributed by atoms with Gasteiger partial charge in [0.15, 0.2) is 6.10 Å². The third kappa shape index (κ3) is 3.86. The summed E-state index contributed by atoms with van der Waals surface area (Å²) in [5.74, 6) is -1.25. The molecule has 0 aliphatic carbocycles. The van der Waals surface area contributed by atoms with Crippen molar-refractivity contribution in [1.29, 1.82) is 0 Å². The van der Waals surface area contributed by atoms with E-state index < -0.39 is 18.0 Å². The Morgan fingerprint density at radius 3 is 2.50 bits per heavy atom. The standard InChI is InChI=1S/C20H23N5O4S/c1-11-15(18(21-4)30-23-11)20(28)29-13(3)17(26)22-16-12(2)24(5)25(19(16)27)14-9-7-6-8-10-14/h6-10,13,21H,1-5H3,(H,22,26)/t13-/m1/s1. The molecule has 158 valence electrons. The van der Waals surface area contributed by atoms with Crippen LogP contribution in [-0.2, 0) is 16.6 Å². The average molecular weight is 430 g/mol. The topological polar surface area (TPSA) is 107 Å². The number of nitrogens with zero attached hydrogens (tertiary/aromatic N) is 3. The molecule has 0 saturated carbocycles. The number of ether oxygens (including phenoxy) is 1. The van der Waals surface area contributed by atoms with Crippen LogP contribution in [0.5, 0.6) is 0 Å². The molecule has 30 heavy (non-hydrogen) atoms. The lowest BCUT2D eigenvalue weighted by Crippen LogP contribution is -2.32. The van der Waals surface area contributed by atoms with Crippen LogP contribution in [0.2, 0.25) is 0 Å². The Morgan fingerprint density at radius 2 is 1.87 bits per heavy atom. The van der Waals surface area contributed by atoms with Crippen LogP contribution in [0.1, 0.15) is 28.7 Å². The van der Waals surface area contributed by atoms with Gasteiger partial charge >= 0.3 is 5.97 Å². The van der Waals surface area contributed by atoms with Gasteiger partial charge in [-0.15, -0.1) is 0 Å². The number of aromatic nitrogens is 3. The van der Waals surface area contributed by atoms with E-state index in [9.17, 15) is 14.4 Å². The molecule has 0 aliphatic heterocycles. The van der Waals surface area contributed by atoms with Gasteiger partial charge in [-0.25, -0.2) is 9.48 Å². The minimum absolute atomic E-state index is 0.138. The summed E-state index contributed by atoms with van der Waals surface area (Å²) in [6.07, 6.45) is -1.11. The van der Waals surface area contributed by atoms with E-state index in [0.29, 0.717) is 27.6 Å². The zero-order valence-corrected chi connectivity index (χ0v) is 18.2. The van der Waals surface area contributed by atoms with Crippen LogP contribution in [-0.4, -0.2) is 38.8 Å². The molecule has 2 aromatic heterocycles. The molecule has 2 heterocycles. The van der Waals surface area contributed by atoms with Gasteiger partial charge in [0.05, 0.1) is 17.1 Å². The first-order valence-corrected chi connectivity index (χ1v) is 10.0. The first kappa shape index (κ1) is 21.3. The molecule has 3 rings (SSSR count). The van der Waals surface area contributed by atoms with E-state index in [2.05, 4.69) is 15.0 Å². The quantitative estimate of drug-likeness (QED) is 0.583. The average Bonchev–Trinajstić information content (AvgIpc) is 3.21. The van der Waals surface area contributed by atoms with Crippen LogP contribution in [0.25, 0.3) is 5.69 Å². The van der Waals surface area contributed by atoms with Crippen molar-refractivity contribution in [3.8, 4) is 5.69 Å². The Balaban J connectivity index is 1.80. The fourth-order valence-electron chi connectivity index (χ4n) is 2.99. The van der Waals surface area contributed by atoms with E-state index in [1.165, 1.54) is 11.6 Å². The van der Waals surface area contributed by atoms with Crippen molar-refractivity contribution in [2.45, 2.75) is 26.9 Å². The summed E-state index contributed by atoms with van der Waals surface area (Å²) in [4.78, 5) is 38.1. The van der Waals surface area contributed by atoms with Gasteiger partial charge in [-0.05, 0) is 44.4 Å². The predicted octanol–water partition coefficient (Wildman–Crippen LogP) is 2.48. The molecule has 9 nitrogen and oxygen atoms in total. The first-order chi connectivity index (χ1) is 14.3. The minimum Gasteiger partial charge on any atom is -0.449 e. The molecular weight excluding hydrogens is 406 g/mol. The number of nitrogens with one attached hydrogen (secondary N) is 2. The van der Waals surface area contributed by atoms with Crippen LogP contribution in [0, 0.1) is 13.8 Å². The fourth-order valence-corrected chi connectivity index (χ4v) is 3.72. The number of anilines is 2. The van der Waals surface area contributed by atoms with Crippen LogP contribution >= 0.6 is 11.5 Å². The number of rotatable bonds is 6. The Hall–Kier alpha value is -3.40. The monoisotopic (exact) mass is 429 g/mol. The van der Waals surface area contributed by atoms with Crippen molar-refractivity contribution < 1.29 is 14.3 Å². The molecule has 3 aromatic rings. The maximum atomic E-state index is 12.9. The van der Waals surface area contributed by atoms with Gasteiger partial charge in [-0.3, -0.25) is 14.3 Å². The molecule has 1 atom stereocenters. The van der Waals surface area contributed by atoms with Gasteiger partial charge in [-0.2, -0.15) is 4.37 Å². The second-order valence-electron chi connectivity index (χ2n) is 6.70. The van der Waals surface area contributed by atoms with E-state index >= 15 is 0 Å². The molecule has 1 aromatic carbocycles. The maximum absolute atomic E-state index is 12.9. The van der Waals surface area contributed by atoms with Crippen molar-refractivity contribution in [2.24, 2.45) is 7.05 Å². The van der Waals surface area contributed by atoms with Gasteiger partial charge in [0.1, 0.15) is 16.3 Å². The van der Waals surface area contributed by atoms with E-state index in [-0.39, 0.29) is 11.2 Å². The number of benzene rings is 1. The van der Waals surface area contributed by atoms with Gasteiger partial charge in [0.2, 0.25) is 0 Å². The zero-order valence-electron chi connectivity index (χ0n) is 17.3. The molecule has 0 fully saturated rings. The lowest BCUT2D eigenvalue weighted by Gasteiger charge is -2.13. The van der Waals surface area contributed by atoms with Gasteiger partial charge in [0, 0.05) is 14.1 Å². The van der Waals surface area contributed by atoms with E-state index in [1.54, 1.807) is 44.8 Å². The number of carbonyl (C=O) groups excluding carboxylic acids is 2. The Bertz CT molecular complexity index is 1150. The van der Waals surface area contributed by atoms with Crippen LogP contribution < -0.4 is 16.2 Å². The molecule has 10 heteroatoms. The summed E-state index contributed by atoms with van der Waals surface area (Å²) in [6.45, 7) is 4.88. The molecule has 1 amide bonds. The number of aryl methyl sites for hydroxylation is 1. The highest BCUT2D eigenvalue weighted by Gasteiger charge is 2.26. The molecule has 0 radical (unpaired) electrons. The third-order valence-electron chi connectivity index (χ3n) is 4.75. The maximum Gasteiger partial charge on any atom is 0.343 e. The second-order valence-corrected chi connectivity index (χ2v) is 7.47. The van der Waals surface area contributed by atoms with Gasteiger partial charge in [0.25, 0.3) is 11.5 Å².